The summed E-state index contributed by atoms with van der Waals surface area (Å²) >= 11 is 0. The average Bonchev–Trinajstić information content (AvgIpc) is 2.73. The number of benzene rings is 1. The fourth-order valence-corrected chi connectivity index (χ4v) is 3.03. The van der Waals surface area contributed by atoms with Crippen LogP contribution in [-0.2, 0) is 20.9 Å². The van der Waals surface area contributed by atoms with Crippen molar-refractivity contribution in [2.45, 2.75) is 33.2 Å². The Labute approximate surface area is 177 Å². The maximum absolute atomic E-state index is 12.2. The summed E-state index contributed by atoms with van der Waals surface area (Å²) in [7, 11) is 3.34. The summed E-state index contributed by atoms with van der Waals surface area (Å²) in [5.74, 6) is -1.13. The van der Waals surface area contributed by atoms with E-state index in [1.165, 1.54) is 0 Å². The van der Waals surface area contributed by atoms with E-state index in [4.69, 9.17) is 29.3 Å². The zero-order valence-electron chi connectivity index (χ0n) is 18.0. The molecule has 0 radical (unpaired) electrons. The topological polar surface area (TPSA) is 125 Å². The van der Waals surface area contributed by atoms with Gasteiger partial charge in [0.25, 0.3) is 0 Å². The Kier molecular flexibility index (Phi) is 10.7. The number of likely N-dealkylation sites (tertiary alicyclic amines) is 1. The van der Waals surface area contributed by atoms with Crippen molar-refractivity contribution in [3.63, 3.8) is 0 Å². The highest BCUT2D eigenvalue weighted by atomic mass is 16.5. The second kappa shape index (κ2) is 12.7. The molecule has 0 bridgehead atoms. The van der Waals surface area contributed by atoms with Gasteiger partial charge in [-0.1, -0.05) is 19.9 Å². The predicted molar refractivity (Wildman–Crippen MR) is 111 cm³/mol. The van der Waals surface area contributed by atoms with E-state index >= 15 is 0 Å². The van der Waals surface area contributed by atoms with Gasteiger partial charge in [0.05, 0.1) is 14.2 Å². The first-order chi connectivity index (χ1) is 14.2. The molecule has 9 nitrogen and oxygen atoms in total. The van der Waals surface area contributed by atoms with Crippen LogP contribution in [0.1, 0.15) is 32.3 Å². The number of nitrogens with zero attached hydrogens (tertiary/aromatic N) is 1. The Hall–Kier alpha value is -2.81. The number of methoxy groups -OCH3 is 2. The lowest BCUT2D eigenvalue weighted by Gasteiger charge is -2.31. The molecule has 0 unspecified atom stereocenters. The molecule has 1 aliphatic heterocycles. The molecule has 1 fully saturated rings. The highest BCUT2D eigenvalue weighted by molar-refractivity contribution is 6.27. The Balaban J connectivity index is 0.000000656. The number of carboxylic acid groups (broad SMARTS) is 2. The highest BCUT2D eigenvalue weighted by Gasteiger charge is 2.25. The molecule has 1 saturated heterocycles. The van der Waals surface area contributed by atoms with Crippen LogP contribution in [0.4, 0.5) is 0 Å². The van der Waals surface area contributed by atoms with Crippen molar-refractivity contribution >= 4 is 17.8 Å². The highest BCUT2D eigenvalue weighted by Crippen LogP contribution is 2.27. The van der Waals surface area contributed by atoms with E-state index in [1.807, 2.05) is 12.1 Å². The number of nitrogens with one attached hydrogen (secondary N) is 1. The standard InChI is InChI=1S/C19H30N2O3.C2H2O4/c1-14(2)12-20-19(22)15-7-9-21(10-8-15)13-16-5-6-17(23-3)11-18(16)24-4;3-1(4)2(5)6/h5-6,11,14-15H,7-10,12-13H2,1-4H3,(H,20,22);(H,3,4)(H,5,6). The lowest BCUT2D eigenvalue weighted by atomic mass is 9.95. The maximum atomic E-state index is 12.2. The number of ether oxygens (including phenoxy) is 2. The van der Waals surface area contributed by atoms with Crippen molar-refractivity contribution in [3.8, 4) is 11.5 Å². The molecule has 0 atom stereocenters. The van der Waals surface area contributed by atoms with Gasteiger partial charge < -0.3 is 25.0 Å². The number of amides is 1. The number of aliphatic carboxylic acids is 2. The second-order valence-electron chi connectivity index (χ2n) is 7.48. The largest absolute Gasteiger partial charge is 0.497 e. The van der Waals surface area contributed by atoms with E-state index in [0.29, 0.717) is 5.92 Å². The number of piperidine rings is 1. The molecule has 1 aromatic carbocycles. The van der Waals surface area contributed by atoms with Crippen molar-refractivity contribution in [2.75, 3.05) is 33.9 Å². The van der Waals surface area contributed by atoms with Crippen molar-refractivity contribution in [2.24, 2.45) is 11.8 Å². The van der Waals surface area contributed by atoms with E-state index in [2.05, 4.69) is 30.1 Å². The quantitative estimate of drug-likeness (QED) is 0.566. The zero-order valence-corrected chi connectivity index (χ0v) is 18.0. The first kappa shape index (κ1) is 25.2. The molecule has 1 amide bonds. The van der Waals surface area contributed by atoms with Gasteiger partial charge in [0.2, 0.25) is 5.91 Å². The maximum Gasteiger partial charge on any atom is 0.414 e. The predicted octanol–water partition coefficient (Wildman–Crippen LogP) is 1.84. The number of hydrogen-bond acceptors (Lipinski definition) is 6. The van der Waals surface area contributed by atoms with Gasteiger partial charge in [-0.2, -0.15) is 0 Å². The van der Waals surface area contributed by atoms with Crippen LogP contribution in [0.2, 0.25) is 0 Å². The molecule has 1 heterocycles. The van der Waals surface area contributed by atoms with Gasteiger partial charge in [0.1, 0.15) is 11.5 Å². The molecule has 1 aromatic rings. The molecule has 1 aliphatic rings. The third-order valence-electron chi connectivity index (χ3n) is 4.71. The molecular weight excluding hydrogens is 392 g/mol. The van der Waals surface area contributed by atoms with Crippen LogP contribution in [-0.4, -0.2) is 66.8 Å². The molecule has 30 heavy (non-hydrogen) atoms. The lowest BCUT2D eigenvalue weighted by Crippen LogP contribution is -2.41. The third kappa shape index (κ3) is 8.69. The van der Waals surface area contributed by atoms with E-state index in [0.717, 1.165) is 56.1 Å². The number of hydrogen-bond donors (Lipinski definition) is 3. The van der Waals surface area contributed by atoms with Crippen LogP contribution < -0.4 is 14.8 Å². The lowest BCUT2D eigenvalue weighted by molar-refractivity contribution is -0.159. The fourth-order valence-electron chi connectivity index (χ4n) is 3.03. The van der Waals surface area contributed by atoms with Gasteiger partial charge >= 0.3 is 11.9 Å². The van der Waals surface area contributed by atoms with Crippen LogP contribution in [0.3, 0.4) is 0 Å². The molecular formula is C21H32N2O7. The number of carboxylic acids is 2. The van der Waals surface area contributed by atoms with Gasteiger partial charge in [0.15, 0.2) is 0 Å². The first-order valence-electron chi connectivity index (χ1n) is 9.85. The Morgan fingerprint density at radius 2 is 1.70 bits per heavy atom. The van der Waals surface area contributed by atoms with E-state index in [-0.39, 0.29) is 11.8 Å². The Morgan fingerprint density at radius 1 is 1.10 bits per heavy atom. The van der Waals surface area contributed by atoms with Crippen molar-refractivity contribution < 1.29 is 34.1 Å². The Bertz CT molecular complexity index is 701. The zero-order chi connectivity index (χ0) is 22.7. The summed E-state index contributed by atoms with van der Waals surface area (Å²) in [5.41, 5.74) is 1.15. The van der Waals surface area contributed by atoms with Crippen molar-refractivity contribution in [1.82, 2.24) is 10.2 Å². The van der Waals surface area contributed by atoms with Crippen LogP contribution in [0.15, 0.2) is 18.2 Å². The van der Waals surface area contributed by atoms with Crippen LogP contribution >= 0.6 is 0 Å². The minimum absolute atomic E-state index is 0.151. The number of carbonyl (C=O) groups excluding carboxylic acids is 1. The molecule has 3 N–H and O–H groups in total. The second-order valence-corrected chi connectivity index (χ2v) is 7.48. The van der Waals surface area contributed by atoms with Gasteiger partial charge in [-0.3, -0.25) is 9.69 Å². The summed E-state index contributed by atoms with van der Waals surface area (Å²) < 4.78 is 10.7. The molecule has 2 rings (SSSR count). The minimum atomic E-state index is -1.82. The van der Waals surface area contributed by atoms with Crippen LogP contribution in [0, 0.1) is 11.8 Å². The SMILES string of the molecule is COc1ccc(CN2CCC(C(=O)NCC(C)C)CC2)c(OC)c1.O=C(O)C(=O)O. The van der Waals surface area contributed by atoms with Gasteiger partial charge in [-0.15, -0.1) is 0 Å². The summed E-state index contributed by atoms with van der Waals surface area (Å²) in [6, 6.07) is 5.94. The molecule has 0 aliphatic carbocycles. The molecule has 9 heteroatoms. The average molecular weight is 424 g/mol. The van der Waals surface area contributed by atoms with Gasteiger partial charge in [-0.05, 0) is 37.9 Å². The van der Waals surface area contributed by atoms with Crippen LogP contribution in [0.5, 0.6) is 11.5 Å². The Morgan fingerprint density at radius 3 is 2.17 bits per heavy atom. The number of rotatable bonds is 7. The van der Waals surface area contributed by atoms with Gasteiger partial charge in [0, 0.05) is 30.6 Å². The molecule has 0 aromatic heterocycles. The van der Waals surface area contributed by atoms with E-state index in [1.54, 1.807) is 14.2 Å². The van der Waals surface area contributed by atoms with E-state index < -0.39 is 11.9 Å². The van der Waals surface area contributed by atoms with E-state index in [9.17, 15) is 4.79 Å². The minimum Gasteiger partial charge on any atom is -0.497 e. The smallest absolute Gasteiger partial charge is 0.414 e. The summed E-state index contributed by atoms with van der Waals surface area (Å²) in [6.45, 7) is 7.72. The molecule has 0 saturated carbocycles. The summed E-state index contributed by atoms with van der Waals surface area (Å²) in [6.07, 6.45) is 1.84. The molecule has 0 spiro atoms. The van der Waals surface area contributed by atoms with Crippen LogP contribution in [0.25, 0.3) is 0 Å². The fraction of sp³-hybridized carbons (Fsp3) is 0.571. The first-order valence-corrected chi connectivity index (χ1v) is 9.85. The van der Waals surface area contributed by atoms with Gasteiger partial charge in [-0.25, -0.2) is 9.59 Å². The third-order valence-corrected chi connectivity index (χ3v) is 4.71. The summed E-state index contributed by atoms with van der Waals surface area (Å²) in [5, 5.41) is 17.8. The molecule has 168 valence electrons. The summed E-state index contributed by atoms with van der Waals surface area (Å²) in [4.78, 5) is 32.8. The monoisotopic (exact) mass is 424 g/mol. The normalized spacial score (nSPS) is 14.4. The van der Waals surface area contributed by atoms with Crippen molar-refractivity contribution in [3.05, 3.63) is 23.8 Å². The van der Waals surface area contributed by atoms with Crippen molar-refractivity contribution in [1.29, 1.82) is 0 Å². The number of carbonyl (C=O) groups is 3.